The van der Waals surface area contributed by atoms with Crippen LogP contribution < -0.4 is 10.2 Å². The lowest BCUT2D eigenvalue weighted by Crippen LogP contribution is -2.45. The maximum absolute atomic E-state index is 12.8. The second-order valence-corrected chi connectivity index (χ2v) is 8.10. The van der Waals surface area contributed by atoms with Gasteiger partial charge in [-0.2, -0.15) is 0 Å². The fourth-order valence-electron chi connectivity index (χ4n) is 3.91. The summed E-state index contributed by atoms with van der Waals surface area (Å²) >= 11 is 6.01. The van der Waals surface area contributed by atoms with Gasteiger partial charge >= 0.3 is 0 Å². The van der Waals surface area contributed by atoms with Gasteiger partial charge in [-0.25, -0.2) is 0 Å². The number of hydrogen-bond acceptors (Lipinski definition) is 3. The first kappa shape index (κ1) is 22.2. The Morgan fingerprint density at radius 1 is 1.17 bits per heavy atom. The van der Waals surface area contributed by atoms with E-state index in [0.717, 1.165) is 32.4 Å². The predicted octanol–water partition coefficient (Wildman–Crippen LogP) is 4.23. The third kappa shape index (κ3) is 5.99. The van der Waals surface area contributed by atoms with E-state index in [0.29, 0.717) is 30.2 Å². The molecule has 0 bridgehead atoms. The van der Waals surface area contributed by atoms with Crippen LogP contribution >= 0.6 is 11.6 Å². The maximum atomic E-state index is 12.8. The van der Waals surface area contributed by atoms with Gasteiger partial charge < -0.3 is 15.1 Å². The highest BCUT2D eigenvalue weighted by Crippen LogP contribution is 2.20. The number of para-hydroxylation sites is 1. The Labute approximate surface area is 184 Å². The summed E-state index contributed by atoms with van der Waals surface area (Å²) in [5, 5.41) is 3.61. The molecule has 2 aromatic rings. The highest BCUT2D eigenvalue weighted by molar-refractivity contribution is 6.30. The number of nitrogens with zero attached hydrogens (tertiary/aromatic N) is 2. The Kier molecular flexibility index (Phi) is 8.14. The minimum absolute atomic E-state index is 0.0429. The Balaban J connectivity index is 1.45. The van der Waals surface area contributed by atoms with Crippen molar-refractivity contribution in [2.75, 3.05) is 37.6 Å². The molecule has 1 aliphatic rings. The summed E-state index contributed by atoms with van der Waals surface area (Å²) in [7, 11) is 0. The first-order chi connectivity index (χ1) is 14.6. The molecule has 2 amide bonds. The molecule has 3 rings (SSSR count). The molecule has 0 unspecified atom stereocenters. The normalized spacial score (nSPS) is 16.2. The van der Waals surface area contributed by atoms with E-state index in [2.05, 4.69) is 29.3 Å². The minimum atomic E-state index is -0.154. The van der Waals surface area contributed by atoms with Crippen molar-refractivity contribution in [3.63, 3.8) is 0 Å². The van der Waals surface area contributed by atoms with E-state index in [-0.39, 0.29) is 17.7 Å². The lowest BCUT2D eigenvalue weighted by molar-refractivity contribution is -0.126. The average Bonchev–Trinajstić information content (AvgIpc) is 2.79. The molecule has 160 valence electrons. The molecular formula is C24H30ClN3O2. The summed E-state index contributed by atoms with van der Waals surface area (Å²) in [6, 6.07) is 17.3. The molecule has 1 heterocycles. The Morgan fingerprint density at radius 2 is 1.97 bits per heavy atom. The van der Waals surface area contributed by atoms with E-state index in [9.17, 15) is 9.59 Å². The van der Waals surface area contributed by atoms with Gasteiger partial charge in [0, 0.05) is 49.0 Å². The molecule has 0 saturated carbocycles. The van der Waals surface area contributed by atoms with Crippen LogP contribution in [0.3, 0.4) is 0 Å². The number of rotatable bonds is 8. The number of carbonyl (C=O) groups excluding carboxylic acids is 2. The van der Waals surface area contributed by atoms with Crippen molar-refractivity contribution >= 4 is 29.1 Å². The molecule has 30 heavy (non-hydrogen) atoms. The molecule has 0 aliphatic carbocycles. The molecule has 1 saturated heterocycles. The van der Waals surface area contributed by atoms with Gasteiger partial charge in [0.1, 0.15) is 0 Å². The van der Waals surface area contributed by atoms with E-state index < -0.39 is 0 Å². The number of benzene rings is 2. The van der Waals surface area contributed by atoms with Crippen molar-refractivity contribution in [1.82, 2.24) is 10.2 Å². The number of anilines is 1. The average molecular weight is 428 g/mol. The van der Waals surface area contributed by atoms with Crippen molar-refractivity contribution in [2.24, 2.45) is 5.92 Å². The van der Waals surface area contributed by atoms with E-state index in [1.807, 2.05) is 18.2 Å². The summed E-state index contributed by atoms with van der Waals surface area (Å²) < 4.78 is 0. The quantitative estimate of drug-likeness (QED) is 0.641. The van der Waals surface area contributed by atoms with Gasteiger partial charge in [-0.05, 0) is 56.5 Å². The first-order valence-electron chi connectivity index (χ1n) is 10.7. The second kappa shape index (κ2) is 11.0. The summed E-state index contributed by atoms with van der Waals surface area (Å²) in [6.45, 7) is 5.74. The largest absolute Gasteiger partial charge is 0.372 e. The zero-order valence-electron chi connectivity index (χ0n) is 17.5. The van der Waals surface area contributed by atoms with Crippen LogP contribution in [0.1, 0.15) is 36.5 Å². The van der Waals surface area contributed by atoms with Crippen LogP contribution in [0.5, 0.6) is 0 Å². The molecule has 1 N–H and O–H groups in total. The topological polar surface area (TPSA) is 52.7 Å². The third-order valence-electron chi connectivity index (χ3n) is 5.56. The number of nitrogens with one attached hydrogen (secondary N) is 1. The number of carbonyl (C=O) groups is 2. The Morgan fingerprint density at radius 3 is 2.70 bits per heavy atom. The molecule has 0 spiro atoms. The van der Waals surface area contributed by atoms with Gasteiger partial charge in [0.15, 0.2) is 0 Å². The Hall–Kier alpha value is -2.53. The van der Waals surface area contributed by atoms with E-state index in [4.69, 9.17) is 11.6 Å². The fourth-order valence-corrected chi connectivity index (χ4v) is 4.10. The number of piperidine rings is 1. The standard InChI is InChI=1S/C24H30ClN3O2/c1-2-27(22-12-4-3-5-13-22)16-8-14-26-23(29)20-10-7-15-28(18-20)24(30)19-9-6-11-21(25)17-19/h3-6,9,11-13,17,20H,2,7-8,10,14-16,18H2,1H3,(H,26,29)/t20-/m1/s1. The van der Waals surface area contributed by atoms with Crippen molar-refractivity contribution in [2.45, 2.75) is 26.2 Å². The van der Waals surface area contributed by atoms with Crippen LogP contribution in [-0.2, 0) is 4.79 Å². The Bertz CT molecular complexity index is 843. The molecule has 0 radical (unpaired) electrons. The number of halogens is 1. The summed E-state index contributed by atoms with van der Waals surface area (Å²) in [5.41, 5.74) is 1.78. The first-order valence-corrected chi connectivity index (χ1v) is 11.1. The maximum Gasteiger partial charge on any atom is 0.253 e. The molecule has 2 aromatic carbocycles. The summed E-state index contributed by atoms with van der Waals surface area (Å²) in [6.07, 6.45) is 2.53. The zero-order valence-corrected chi connectivity index (χ0v) is 18.3. The number of amides is 2. The highest BCUT2D eigenvalue weighted by atomic mass is 35.5. The van der Waals surface area contributed by atoms with Gasteiger partial charge in [-0.15, -0.1) is 0 Å². The van der Waals surface area contributed by atoms with E-state index >= 15 is 0 Å². The SMILES string of the molecule is CCN(CCCNC(=O)[C@@H]1CCCN(C(=O)c2cccc(Cl)c2)C1)c1ccccc1. The summed E-state index contributed by atoms with van der Waals surface area (Å²) in [5.74, 6) is -0.170. The van der Waals surface area contributed by atoms with Crippen LogP contribution in [0, 0.1) is 5.92 Å². The number of hydrogen-bond donors (Lipinski definition) is 1. The van der Waals surface area contributed by atoms with E-state index in [1.165, 1.54) is 5.69 Å². The lowest BCUT2D eigenvalue weighted by atomic mass is 9.96. The van der Waals surface area contributed by atoms with Crippen molar-refractivity contribution in [3.8, 4) is 0 Å². The molecule has 1 aliphatic heterocycles. The summed E-state index contributed by atoms with van der Waals surface area (Å²) in [4.78, 5) is 29.5. The van der Waals surface area contributed by atoms with Gasteiger partial charge in [0.2, 0.25) is 5.91 Å². The lowest BCUT2D eigenvalue weighted by Gasteiger charge is -2.32. The minimum Gasteiger partial charge on any atom is -0.372 e. The van der Waals surface area contributed by atoms with Crippen LogP contribution in [0.15, 0.2) is 54.6 Å². The molecule has 1 atom stereocenters. The van der Waals surface area contributed by atoms with Gasteiger partial charge in [-0.1, -0.05) is 35.9 Å². The second-order valence-electron chi connectivity index (χ2n) is 7.66. The van der Waals surface area contributed by atoms with Gasteiger partial charge in [0.05, 0.1) is 5.92 Å². The van der Waals surface area contributed by atoms with Crippen LogP contribution in [-0.4, -0.2) is 49.4 Å². The van der Waals surface area contributed by atoms with E-state index in [1.54, 1.807) is 29.2 Å². The van der Waals surface area contributed by atoms with Crippen molar-refractivity contribution < 1.29 is 9.59 Å². The molecule has 1 fully saturated rings. The van der Waals surface area contributed by atoms with Crippen LogP contribution in [0.2, 0.25) is 5.02 Å². The molecule has 5 nitrogen and oxygen atoms in total. The van der Waals surface area contributed by atoms with Crippen molar-refractivity contribution in [3.05, 3.63) is 65.2 Å². The molecular weight excluding hydrogens is 398 g/mol. The monoisotopic (exact) mass is 427 g/mol. The smallest absolute Gasteiger partial charge is 0.253 e. The van der Waals surface area contributed by atoms with Crippen molar-refractivity contribution in [1.29, 1.82) is 0 Å². The molecule has 6 heteroatoms. The van der Waals surface area contributed by atoms with Crippen LogP contribution in [0.25, 0.3) is 0 Å². The fraction of sp³-hybridized carbons (Fsp3) is 0.417. The van der Waals surface area contributed by atoms with Crippen LogP contribution in [0.4, 0.5) is 5.69 Å². The van der Waals surface area contributed by atoms with Gasteiger partial charge in [0.25, 0.3) is 5.91 Å². The third-order valence-corrected chi connectivity index (χ3v) is 5.79. The molecule has 0 aromatic heterocycles. The predicted molar refractivity (Wildman–Crippen MR) is 122 cm³/mol. The van der Waals surface area contributed by atoms with Gasteiger partial charge in [-0.3, -0.25) is 9.59 Å². The highest BCUT2D eigenvalue weighted by Gasteiger charge is 2.28. The number of likely N-dealkylation sites (tertiary alicyclic amines) is 1. The zero-order chi connectivity index (χ0) is 21.3.